The lowest BCUT2D eigenvalue weighted by atomic mass is 9.87. The van der Waals surface area contributed by atoms with Crippen molar-refractivity contribution in [3.05, 3.63) is 71.2 Å². The molecule has 1 amide bonds. The van der Waals surface area contributed by atoms with E-state index in [1.165, 1.54) is 17.7 Å². The van der Waals surface area contributed by atoms with Crippen molar-refractivity contribution >= 4 is 16.8 Å². The van der Waals surface area contributed by atoms with Gasteiger partial charge in [-0.1, -0.05) is 37.3 Å². The van der Waals surface area contributed by atoms with Crippen LogP contribution in [0.4, 0.5) is 4.39 Å². The van der Waals surface area contributed by atoms with Crippen molar-refractivity contribution < 1.29 is 13.9 Å². The van der Waals surface area contributed by atoms with Crippen LogP contribution in [0.2, 0.25) is 0 Å². The van der Waals surface area contributed by atoms with Crippen LogP contribution < -0.4 is 0 Å². The monoisotopic (exact) mass is 380 g/mol. The second-order valence-corrected chi connectivity index (χ2v) is 7.24. The summed E-state index contributed by atoms with van der Waals surface area (Å²) in [5, 5.41) is 1.13. The number of hydrogen-bond donors (Lipinski definition) is 1. The van der Waals surface area contributed by atoms with E-state index in [9.17, 15) is 9.18 Å². The maximum atomic E-state index is 13.5. The number of carbonyl (C=O) groups excluding carboxylic acids is 1. The van der Waals surface area contributed by atoms with E-state index in [2.05, 4.69) is 30.1 Å². The maximum Gasteiger partial charge on any atom is 0.223 e. The number of halogens is 1. The zero-order chi connectivity index (χ0) is 19.5. The van der Waals surface area contributed by atoms with Crippen LogP contribution in [0.15, 0.2) is 48.7 Å². The number of H-pyrrole nitrogens is 1. The standard InChI is InChI=1S/C23H25FN2O2/c1-2-16-4-3-5-19-21(15-25-23(16)19)20(17-6-8-18(24)9-7-17)14-22(27)26-10-12-28-13-11-26/h3-9,15,20,25H,2,10-14H2,1H3. The molecule has 0 bridgehead atoms. The van der Waals surface area contributed by atoms with Crippen LogP contribution in [0.3, 0.4) is 0 Å². The van der Waals surface area contributed by atoms with Crippen molar-refractivity contribution in [2.24, 2.45) is 0 Å². The highest BCUT2D eigenvalue weighted by molar-refractivity contribution is 5.88. The first kappa shape index (κ1) is 18.7. The fourth-order valence-electron chi connectivity index (χ4n) is 4.04. The maximum absolute atomic E-state index is 13.5. The highest BCUT2D eigenvalue weighted by Crippen LogP contribution is 2.35. The van der Waals surface area contributed by atoms with Gasteiger partial charge in [-0.05, 0) is 35.2 Å². The molecule has 0 aliphatic carbocycles. The van der Waals surface area contributed by atoms with Crippen LogP contribution in [0, 0.1) is 5.82 Å². The molecule has 1 saturated heterocycles. The number of carbonyl (C=O) groups is 1. The van der Waals surface area contributed by atoms with Gasteiger partial charge in [-0.2, -0.15) is 0 Å². The first-order valence-electron chi connectivity index (χ1n) is 9.87. The molecule has 4 nitrogen and oxygen atoms in total. The van der Waals surface area contributed by atoms with E-state index in [4.69, 9.17) is 4.74 Å². The number of rotatable bonds is 5. The van der Waals surface area contributed by atoms with E-state index in [1.807, 2.05) is 11.1 Å². The zero-order valence-electron chi connectivity index (χ0n) is 16.1. The minimum Gasteiger partial charge on any atom is -0.378 e. The normalized spacial score (nSPS) is 15.7. The highest BCUT2D eigenvalue weighted by Gasteiger charge is 2.25. The molecular formula is C23H25FN2O2. The summed E-state index contributed by atoms with van der Waals surface area (Å²) in [4.78, 5) is 18.3. The SMILES string of the molecule is CCc1cccc2c(C(CC(=O)N3CCOCC3)c3ccc(F)cc3)c[nH]c12. The van der Waals surface area contributed by atoms with Gasteiger partial charge in [0.25, 0.3) is 0 Å². The summed E-state index contributed by atoms with van der Waals surface area (Å²) in [5.41, 5.74) is 4.40. The molecule has 2 aromatic carbocycles. The summed E-state index contributed by atoms with van der Waals surface area (Å²) in [6.07, 6.45) is 3.30. The smallest absolute Gasteiger partial charge is 0.223 e. The number of ether oxygens (including phenoxy) is 1. The Kier molecular flexibility index (Phi) is 5.44. The number of aryl methyl sites for hydroxylation is 1. The zero-order valence-corrected chi connectivity index (χ0v) is 16.1. The van der Waals surface area contributed by atoms with Crippen molar-refractivity contribution in [3.8, 4) is 0 Å². The lowest BCUT2D eigenvalue weighted by Crippen LogP contribution is -2.41. The van der Waals surface area contributed by atoms with Gasteiger partial charge in [0.15, 0.2) is 0 Å². The lowest BCUT2D eigenvalue weighted by Gasteiger charge is -2.28. The molecule has 1 unspecified atom stereocenters. The van der Waals surface area contributed by atoms with Crippen LogP contribution >= 0.6 is 0 Å². The van der Waals surface area contributed by atoms with E-state index < -0.39 is 0 Å². The van der Waals surface area contributed by atoms with Crippen molar-refractivity contribution in [2.45, 2.75) is 25.7 Å². The van der Waals surface area contributed by atoms with E-state index in [-0.39, 0.29) is 17.6 Å². The number of morpholine rings is 1. The highest BCUT2D eigenvalue weighted by atomic mass is 19.1. The first-order chi connectivity index (χ1) is 13.7. The summed E-state index contributed by atoms with van der Waals surface area (Å²) < 4.78 is 18.9. The Labute approximate surface area is 164 Å². The van der Waals surface area contributed by atoms with Gasteiger partial charge in [-0.25, -0.2) is 4.39 Å². The Hall–Kier alpha value is -2.66. The third-order valence-electron chi connectivity index (χ3n) is 5.60. The molecule has 0 spiro atoms. The molecule has 5 heteroatoms. The molecule has 1 aliphatic heterocycles. The lowest BCUT2D eigenvalue weighted by molar-refractivity contribution is -0.135. The third-order valence-corrected chi connectivity index (χ3v) is 5.60. The van der Waals surface area contributed by atoms with E-state index >= 15 is 0 Å². The molecule has 3 aromatic rings. The Bertz CT molecular complexity index is 958. The Morgan fingerprint density at radius 1 is 1.18 bits per heavy atom. The molecule has 146 valence electrons. The minimum atomic E-state index is -0.269. The van der Waals surface area contributed by atoms with Crippen molar-refractivity contribution in [1.82, 2.24) is 9.88 Å². The minimum absolute atomic E-state index is 0.110. The van der Waals surface area contributed by atoms with Crippen molar-refractivity contribution in [2.75, 3.05) is 26.3 Å². The fourth-order valence-corrected chi connectivity index (χ4v) is 4.04. The van der Waals surface area contributed by atoms with Gasteiger partial charge in [-0.15, -0.1) is 0 Å². The summed E-state index contributed by atoms with van der Waals surface area (Å²) >= 11 is 0. The first-order valence-corrected chi connectivity index (χ1v) is 9.87. The number of hydrogen-bond acceptors (Lipinski definition) is 2. The number of benzene rings is 2. The van der Waals surface area contributed by atoms with Crippen LogP contribution in [0.25, 0.3) is 10.9 Å². The topological polar surface area (TPSA) is 45.3 Å². The Balaban J connectivity index is 1.73. The largest absolute Gasteiger partial charge is 0.378 e. The molecule has 4 rings (SSSR count). The van der Waals surface area contributed by atoms with Gasteiger partial charge < -0.3 is 14.6 Å². The molecule has 1 atom stereocenters. The molecule has 0 saturated carbocycles. The Morgan fingerprint density at radius 3 is 2.64 bits per heavy atom. The van der Waals surface area contributed by atoms with E-state index in [1.54, 1.807) is 12.1 Å². The fraction of sp³-hybridized carbons (Fsp3) is 0.348. The average Bonchev–Trinajstić information content (AvgIpc) is 3.17. The molecule has 1 fully saturated rings. The molecule has 0 radical (unpaired) electrons. The predicted octanol–water partition coefficient (Wildman–Crippen LogP) is 4.25. The molecule has 2 heterocycles. The number of aromatic nitrogens is 1. The Morgan fingerprint density at radius 2 is 1.93 bits per heavy atom. The predicted molar refractivity (Wildman–Crippen MR) is 108 cm³/mol. The number of para-hydroxylation sites is 1. The number of nitrogens with one attached hydrogen (secondary N) is 1. The molecule has 1 aliphatic rings. The van der Waals surface area contributed by atoms with Crippen molar-refractivity contribution in [1.29, 1.82) is 0 Å². The van der Waals surface area contributed by atoms with Crippen molar-refractivity contribution in [3.63, 3.8) is 0 Å². The number of nitrogens with zero attached hydrogens (tertiary/aromatic N) is 1. The van der Waals surface area contributed by atoms with Gasteiger partial charge in [0.2, 0.25) is 5.91 Å². The third kappa shape index (κ3) is 3.67. The summed E-state index contributed by atoms with van der Waals surface area (Å²) in [6, 6.07) is 12.8. The van der Waals surface area contributed by atoms with Crippen LogP contribution in [-0.2, 0) is 16.0 Å². The van der Waals surface area contributed by atoms with Gasteiger partial charge in [0.1, 0.15) is 5.82 Å². The number of amides is 1. The molecular weight excluding hydrogens is 355 g/mol. The van der Waals surface area contributed by atoms with Crippen LogP contribution in [0.5, 0.6) is 0 Å². The molecule has 1 aromatic heterocycles. The van der Waals surface area contributed by atoms with Crippen LogP contribution in [-0.4, -0.2) is 42.1 Å². The van der Waals surface area contributed by atoms with Gasteiger partial charge in [-0.3, -0.25) is 4.79 Å². The van der Waals surface area contributed by atoms with Gasteiger partial charge >= 0.3 is 0 Å². The van der Waals surface area contributed by atoms with Gasteiger partial charge in [0.05, 0.1) is 13.2 Å². The number of aromatic amines is 1. The summed E-state index contributed by atoms with van der Waals surface area (Å²) in [6.45, 7) is 4.56. The van der Waals surface area contributed by atoms with Gasteiger partial charge in [0, 0.05) is 42.5 Å². The quantitative estimate of drug-likeness (QED) is 0.719. The average molecular weight is 380 g/mol. The second kappa shape index (κ2) is 8.15. The summed E-state index contributed by atoms with van der Waals surface area (Å²) in [7, 11) is 0. The molecule has 1 N–H and O–H groups in total. The van der Waals surface area contributed by atoms with E-state index in [0.717, 1.165) is 28.5 Å². The second-order valence-electron chi connectivity index (χ2n) is 7.24. The summed E-state index contributed by atoms with van der Waals surface area (Å²) in [5.74, 6) is -0.287. The number of fused-ring (bicyclic) bond motifs is 1. The van der Waals surface area contributed by atoms with E-state index in [0.29, 0.717) is 32.7 Å². The van der Waals surface area contributed by atoms with Crippen LogP contribution in [0.1, 0.15) is 36.0 Å². The molecule has 28 heavy (non-hydrogen) atoms.